The Morgan fingerprint density at radius 1 is 1.15 bits per heavy atom. The summed E-state index contributed by atoms with van der Waals surface area (Å²) in [6.07, 6.45) is 0. The Bertz CT molecular complexity index is 751. The van der Waals surface area contributed by atoms with Crippen LogP contribution in [0.4, 0.5) is 23.5 Å². The van der Waals surface area contributed by atoms with E-state index >= 15 is 0 Å². The van der Waals surface area contributed by atoms with Crippen LogP contribution in [0.15, 0.2) is 29.6 Å². The zero-order chi connectivity index (χ0) is 14.1. The molecule has 0 saturated carbocycles. The predicted octanol–water partition coefficient (Wildman–Crippen LogP) is 2.48. The van der Waals surface area contributed by atoms with Crippen LogP contribution in [0.3, 0.4) is 0 Å². The van der Waals surface area contributed by atoms with E-state index in [1.54, 1.807) is 16.2 Å². The molecule has 2 heterocycles. The number of hydrogen-bond acceptors (Lipinski definition) is 7. The van der Waals surface area contributed by atoms with Crippen LogP contribution in [0.2, 0.25) is 0 Å². The fourth-order valence-corrected chi connectivity index (χ4v) is 2.58. The van der Waals surface area contributed by atoms with Crippen LogP contribution < -0.4 is 16.0 Å². The van der Waals surface area contributed by atoms with Gasteiger partial charge in [0.2, 0.25) is 17.8 Å². The lowest BCUT2D eigenvalue weighted by Gasteiger charge is -2.12. The number of anilines is 4. The first-order chi connectivity index (χ1) is 9.61. The van der Waals surface area contributed by atoms with Crippen LogP contribution in [0.25, 0.3) is 10.1 Å². The van der Waals surface area contributed by atoms with Crippen LogP contribution in [0.1, 0.15) is 0 Å². The maximum atomic E-state index is 5.70. The smallest absolute Gasteiger partial charge is 0.233 e. The lowest BCUT2D eigenvalue weighted by Crippen LogP contribution is -2.15. The Balaban J connectivity index is 1.93. The molecule has 0 unspecified atom stereocenters. The van der Waals surface area contributed by atoms with Gasteiger partial charge in [-0.1, -0.05) is 0 Å². The van der Waals surface area contributed by atoms with Crippen LogP contribution in [0.5, 0.6) is 0 Å². The van der Waals surface area contributed by atoms with E-state index in [0.29, 0.717) is 11.9 Å². The molecule has 7 heteroatoms. The van der Waals surface area contributed by atoms with Crippen LogP contribution in [-0.4, -0.2) is 29.0 Å². The van der Waals surface area contributed by atoms with Crippen molar-refractivity contribution >= 4 is 45.0 Å². The molecule has 0 amide bonds. The number of nitrogens with one attached hydrogen (secondary N) is 1. The number of fused-ring (bicyclic) bond motifs is 1. The first-order valence-corrected chi connectivity index (χ1v) is 6.93. The van der Waals surface area contributed by atoms with Gasteiger partial charge in [-0.25, -0.2) is 0 Å². The Kier molecular flexibility index (Phi) is 3.11. The summed E-state index contributed by atoms with van der Waals surface area (Å²) in [6.45, 7) is 0. The highest BCUT2D eigenvalue weighted by atomic mass is 32.1. The number of benzene rings is 1. The van der Waals surface area contributed by atoms with Crippen molar-refractivity contribution in [3.63, 3.8) is 0 Å². The highest BCUT2D eigenvalue weighted by molar-refractivity contribution is 7.17. The minimum Gasteiger partial charge on any atom is -0.368 e. The summed E-state index contributed by atoms with van der Waals surface area (Å²) in [4.78, 5) is 14.3. The zero-order valence-electron chi connectivity index (χ0n) is 11.2. The third-order valence-corrected chi connectivity index (χ3v) is 3.65. The molecule has 0 saturated heterocycles. The minimum absolute atomic E-state index is 0.197. The fraction of sp³-hybridized carbons (Fsp3) is 0.154. The summed E-state index contributed by atoms with van der Waals surface area (Å²) < 4.78 is 1.25. The van der Waals surface area contributed by atoms with Crippen molar-refractivity contribution in [3.8, 4) is 0 Å². The lowest BCUT2D eigenvalue weighted by atomic mass is 10.2. The van der Waals surface area contributed by atoms with E-state index in [2.05, 4.69) is 43.8 Å². The first kappa shape index (κ1) is 12.6. The van der Waals surface area contributed by atoms with Gasteiger partial charge in [0.25, 0.3) is 0 Å². The Hall–Kier alpha value is -2.41. The summed E-state index contributed by atoms with van der Waals surface area (Å²) >= 11 is 1.72. The van der Waals surface area contributed by atoms with Gasteiger partial charge in [0.15, 0.2) is 0 Å². The Labute approximate surface area is 120 Å². The third-order valence-electron chi connectivity index (χ3n) is 2.75. The summed E-state index contributed by atoms with van der Waals surface area (Å²) in [7, 11) is 3.71. The Morgan fingerprint density at radius 3 is 2.80 bits per heavy atom. The quantitative estimate of drug-likeness (QED) is 0.770. The predicted molar refractivity (Wildman–Crippen MR) is 83.7 cm³/mol. The largest absolute Gasteiger partial charge is 0.368 e. The fourth-order valence-electron chi connectivity index (χ4n) is 1.81. The van der Waals surface area contributed by atoms with Gasteiger partial charge in [0.05, 0.1) is 0 Å². The molecule has 0 aliphatic heterocycles. The molecule has 0 spiro atoms. The molecule has 1 aromatic carbocycles. The summed E-state index contributed by atoms with van der Waals surface area (Å²) in [5.41, 5.74) is 6.62. The molecule has 102 valence electrons. The minimum atomic E-state index is 0.197. The molecule has 2 aromatic heterocycles. The second-order valence-corrected chi connectivity index (χ2v) is 5.46. The molecule has 0 atom stereocenters. The normalized spacial score (nSPS) is 10.7. The van der Waals surface area contributed by atoms with Gasteiger partial charge in [-0.2, -0.15) is 15.0 Å². The van der Waals surface area contributed by atoms with Crippen LogP contribution in [0, 0.1) is 0 Å². The summed E-state index contributed by atoms with van der Waals surface area (Å²) in [6, 6.07) is 8.20. The summed E-state index contributed by atoms with van der Waals surface area (Å²) in [5.74, 6) is 1.16. The zero-order valence-corrected chi connectivity index (χ0v) is 12.0. The third kappa shape index (κ3) is 2.48. The first-order valence-electron chi connectivity index (χ1n) is 6.05. The van der Waals surface area contributed by atoms with Gasteiger partial charge >= 0.3 is 0 Å². The molecule has 0 radical (unpaired) electrons. The molecule has 20 heavy (non-hydrogen) atoms. The van der Waals surface area contributed by atoms with E-state index in [1.807, 2.05) is 20.2 Å². The van der Waals surface area contributed by atoms with E-state index in [1.165, 1.54) is 10.1 Å². The number of nitrogens with zero attached hydrogens (tertiary/aromatic N) is 4. The average Bonchev–Trinajstić information content (AvgIpc) is 2.85. The van der Waals surface area contributed by atoms with E-state index in [9.17, 15) is 0 Å². The van der Waals surface area contributed by atoms with Crippen molar-refractivity contribution in [2.24, 2.45) is 0 Å². The van der Waals surface area contributed by atoms with Crippen molar-refractivity contribution in [3.05, 3.63) is 29.6 Å². The number of rotatable bonds is 3. The molecule has 3 aromatic rings. The van der Waals surface area contributed by atoms with Gasteiger partial charge in [-0.05, 0) is 35.0 Å². The van der Waals surface area contributed by atoms with E-state index in [-0.39, 0.29) is 5.95 Å². The van der Waals surface area contributed by atoms with Crippen molar-refractivity contribution in [2.45, 2.75) is 0 Å². The van der Waals surface area contributed by atoms with Crippen molar-refractivity contribution in [1.82, 2.24) is 15.0 Å². The van der Waals surface area contributed by atoms with Gasteiger partial charge in [0.1, 0.15) is 0 Å². The SMILES string of the molecule is CN(C)c1nc(N)nc(Nc2ccc3sccc3c2)n1. The van der Waals surface area contributed by atoms with Gasteiger partial charge in [-0.3, -0.25) is 0 Å². The number of aromatic nitrogens is 3. The summed E-state index contributed by atoms with van der Waals surface area (Å²) in [5, 5.41) is 6.42. The molecule has 0 fully saturated rings. The molecular weight excluding hydrogens is 272 g/mol. The monoisotopic (exact) mass is 286 g/mol. The standard InChI is InChI=1S/C13H14N6S/c1-19(2)13-17-11(14)16-12(18-13)15-9-3-4-10-8(7-9)5-6-20-10/h3-7H,1-2H3,(H3,14,15,16,17,18). The molecular formula is C13H14N6S. The van der Waals surface area contributed by atoms with E-state index in [4.69, 9.17) is 5.73 Å². The maximum absolute atomic E-state index is 5.70. The molecule has 0 aliphatic rings. The topological polar surface area (TPSA) is 80.0 Å². The molecule has 0 aliphatic carbocycles. The van der Waals surface area contributed by atoms with Gasteiger partial charge in [-0.15, -0.1) is 11.3 Å². The van der Waals surface area contributed by atoms with Gasteiger partial charge in [0, 0.05) is 24.5 Å². The van der Waals surface area contributed by atoms with Crippen LogP contribution >= 0.6 is 11.3 Å². The number of hydrogen-bond donors (Lipinski definition) is 2. The second-order valence-electron chi connectivity index (χ2n) is 4.51. The van der Waals surface area contributed by atoms with E-state index in [0.717, 1.165) is 5.69 Å². The average molecular weight is 286 g/mol. The van der Waals surface area contributed by atoms with Crippen molar-refractivity contribution in [1.29, 1.82) is 0 Å². The Morgan fingerprint density at radius 2 is 2.00 bits per heavy atom. The highest BCUT2D eigenvalue weighted by Crippen LogP contribution is 2.25. The molecule has 6 nitrogen and oxygen atoms in total. The lowest BCUT2D eigenvalue weighted by molar-refractivity contribution is 0.969. The van der Waals surface area contributed by atoms with Crippen molar-refractivity contribution < 1.29 is 0 Å². The number of nitrogens with two attached hydrogens (primary N) is 1. The van der Waals surface area contributed by atoms with Gasteiger partial charge < -0.3 is 16.0 Å². The maximum Gasteiger partial charge on any atom is 0.233 e. The molecule has 3 rings (SSSR count). The molecule has 3 N–H and O–H groups in total. The molecule has 0 bridgehead atoms. The number of thiophene rings is 1. The second kappa shape index (κ2) is 4.93. The number of nitrogen functional groups attached to an aromatic ring is 1. The van der Waals surface area contributed by atoms with Crippen LogP contribution in [-0.2, 0) is 0 Å². The van der Waals surface area contributed by atoms with Crippen molar-refractivity contribution in [2.75, 3.05) is 30.0 Å². The highest BCUT2D eigenvalue weighted by Gasteiger charge is 2.06. The van der Waals surface area contributed by atoms with E-state index < -0.39 is 0 Å².